The van der Waals surface area contributed by atoms with Gasteiger partial charge in [0.1, 0.15) is 11.9 Å². The van der Waals surface area contributed by atoms with Crippen molar-refractivity contribution in [2.45, 2.75) is 71.0 Å². The number of anilines is 1. The summed E-state index contributed by atoms with van der Waals surface area (Å²) >= 11 is 0. The standard InChI is InChI=1S/C27H39F3N6O2/c1-4-7-34-8-10-35(11-9-34)21-13-22(19-6-5-18(19)21)36-15-20(33-26(36)24(37)16(2)3)17-12-23(25(31)32-14-17)38-27(28,29)30/h12,14-16,18-19,21-22,24,37H,4-11,13H2,1-3H3,(H2,31,32)/t18?,19?,21-,22?,24?/m1/s1. The molecule has 1 aliphatic heterocycles. The van der Waals surface area contributed by atoms with E-state index in [2.05, 4.69) is 31.0 Å². The molecule has 1 saturated heterocycles. The van der Waals surface area contributed by atoms with Gasteiger partial charge in [0, 0.05) is 56.2 Å². The predicted molar refractivity (Wildman–Crippen MR) is 138 cm³/mol. The fraction of sp³-hybridized carbons (Fsp3) is 0.704. The zero-order valence-electron chi connectivity index (χ0n) is 22.4. The minimum absolute atomic E-state index is 0.0707. The highest BCUT2D eigenvalue weighted by Gasteiger charge is 2.52. The molecule has 0 amide bonds. The van der Waals surface area contributed by atoms with Gasteiger partial charge in [-0.3, -0.25) is 4.90 Å². The van der Waals surface area contributed by atoms with Crippen LogP contribution in [0.25, 0.3) is 11.3 Å². The fourth-order valence-corrected chi connectivity index (χ4v) is 6.61. The van der Waals surface area contributed by atoms with Gasteiger partial charge >= 0.3 is 6.36 Å². The van der Waals surface area contributed by atoms with Crippen LogP contribution in [0.3, 0.4) is 0 Å². The van der Waals surface area contributed by atoms with Crippen LogP contribution >= 0.6 is 0 Å². The third-order valence-corrected chi connectivity index (χ3v) is 8.69. The molecule has 5 atom stereocenters. The summed E-state index contributed by atoms with van der Waals surface area (Å²) in [6.45, 7) is 11.6. The maximum atomic E-state index is 12.9. The molecule has 2 aromatic rings. The summed E-state index contributed by atoms with van der Waals surface area (Å²) in [5.74, 6) is 0.702. The van der Waals surface area contributed by atoms with Crippen molar-refractivity contribution in [1.82, 2.24) is 24.3 Å². The Kier molecular flexibility index (Phi) is 7.63. The van der Waals surface area contributed by atoms with Crippen LogP contribution in [-0.4, -0.2) is 74.6 Å². The lowest BCUT2D eigenvalue weighted by atomic mass is 9.73. The maximum absolute atomic E-state index is 12.9. The summed E-state index contributed by atoms with van der Waals surface area (Å²) in [5, 5.41) is 11.1. The number of alkyl halides is 3. The number of piperazine rings is 1. The molecular formula is C27H39F3N6O2. The Balaban J connectivity index is 1.43. The summed E-state index contributed by atoms with van der Waals surface area (Å²) in [4.78, 5) is 13.9. The lowest BCUT2D eigenvalue weighted by Gasteiger charge is -2.43. The third-order valence-electron chi connectivity index (χ3n) is 8.69. The molecule has 8 nitrogen and oxygen atoms in total. The second-order valence-electron chi connectivity index (χ2n) is 11.4. The van der Waals surface area contributed by atoms with Crippen molar-refractivity contribution < 1.29 is 23.0 Å². The number of aliphatic hydroxyl groups is 1. The molecule has 0 bridgehead atoms. The van der Waals surface area contributed by atoms with Crippen LogP contribution in [0.15, 0.2) is 18.5 Å². The van der Waals surface area contributed by atoms with Crippen LogP contribution < -0.4 is 10.5 Å². The van der Waals surface area contributed by atoms with Gasteiger partial charge in [-0.05, 0) is 56.0 Å². The summed E-state index contributed by atoms with van der Waals surface area (Å²) in [6, 6.07) is 1.90. The molecule has 3 heterocycles. The van der Waals surface area contributed by atoms with Gasteiger partial charge in [0.05, 0.1) is 5.69 Å². The van der Waals surface area contributed by atoms with Crippen LogP contribution in [0.2, 0.25) is 0 Å². The largest absolute Gasteiger partial charge is 0.573 e. The molecule has 2 saturated carbocycles. The van der Waals surface area contributed by atoms with Crippen molar-refractivity contribution >= 4 is 5.82 Å². The van der Waals surface area contributed by atoms with Crippen LogP contribution in [0.5, 0.6) is 5.75 Å². The number of hydrogen-bond donors (Lipinski definition) is 2. The molecule has 2 aromatic heterocycles. The fourth-order valence-electron chi connectivity index (χ4n) is 6.61. The first-order valence-corrected chi connectivity index (χ1v) is 13.8. The van der Waals surface area contributed by atoms with E-state index in [9.17, 15) is 18.3 Å². The Labute approximate surface area is 222 Å². The number of ether oxygens (including phenoxy) is 1. The van der Waals surface area contributed by atoms with Crippen LogP contribution in [0.1, 0.15) is 64.4 Å². The summed E-state index contributed by atoms with van der Waals surface area (Å²) < 4.78 is 44.9. The van der Waals surface area contributed by atoms with Crippen molar-refractivity contribution in [3.63, 3.8) is 0 Å². The topological polar surface area (TPSA) is 92.7 Å². The highest BCUT2D eigenvalue weighted by molar-refractivity contribution is 5.64. The normalized spacial score (nSPS) is 27.4. The number of aliphatic hydroxyl groups excluding tert-OH is 1. The van der Waals surface area contributed by atoms with E-state index in [0.29, 0.717) is 35.0 Å². The van der Waals surface area contributed by atoms with Gasteiger partial charge < -0.3 is 25.0 Å². The first-order chi connectivity index (χ1) is 18.1. The number of nitrogens with two attached hydrogens (primary N) is 1. The van der Waals surface area contributed by atoms with E-state index in [-0.39, 0.29) is 17.8 Å². The summed E-state index contributed by atoms with van der Waals surface area (Å²) in [6.07, 6.45) is 2.10. The second-order valence-corrected chi connectivity index (χ2v) is 11.4. The highest BCUT2D eigenvalue weighted by Crippen LogP contribution is 2.55. The molecule has 0 spiro atoms. The lowest BCUT2D eigenvalue weighted by Crippen LogP contribution is -2.52. The van der Waals surface area contributed by atoms with Crippen molar-refractivity contribution in [2.75, 3.05) is 38.5 Å². The van der Waals surface area contributed by atoms with Crippen LogP contribution in [-0.2, 0) is 0 Å². The molecule has 0 aromatic carbocycles. The van der Waals surface area contributed by atoms with E-state index in [1.54, 1.807) is 0 Å². The molecule has 3 N–H and O–H groups in total. The Morgan fingerprint density at radius 3 is 2.42 bits per heavy atom. The molecule has 210 valence electrons. The van der Waals surface area contributed by atoms with Crippen molar-refractivity contribution in [3.05, 3.63) is 24.3 Å². The number of pyridine rings is 1. The highest BCUT2D eigenvalue weighted by atomic mass is 19.4. The molecule has 11 heteroatoms. The number of nitrogens with zero attached hydrogens (tertiary/aromatic N) is 5. The van der Waals surface area contributed by atoms with E-state index in [1.165, 1.54) is 25.1 Å². The van der Waals surface area contributed by atoms with Crippen molar-refractivity contribution in [2.24, 2.45) is 17.8 Å². The van der Waals surface area contributed by atoms with E-state index in [0.717, 1.165) is 45.6 Å². The predicted octanol–water partition coefficient (Wildman–Crippen LogP) is 4.48. The maximum Gasteiger partial charge on any atom is 0.573 e. The second kappa shape index (κ2) is 10.7. The van der Waals surface area contributed by atoms with Gasteiger partial charge in [0.25, 0.3) is 0 Å². The number of halogens is 3. The van der Waals surface area contributed by atoms with Crippen LogP contribution in [0, 0.1) is 17.8 Å². The van der Waals surface area contributed by atoms with E-state index < -0.39 is 18.2 Å². The molecule has 38 heavy (non-hydrogen) atoms. The average molecular weight is 537 g/mol. The zero-order chi connectivity index (χ0) is 27.2. The van der Waals surface area contributed by atoms with Crippen LogP contribution in [0.4, 0.5) is 19.0 Å². The molecular weight excluding hydrogens is 497 g/mol. The number of aromatic nitrogens is 3. The Morgan fingerprint density at radius 2 is 1.82 bits per heavy atom. The van der Waals surface area contributed by atoms with Gasteiger partial charge in [0.2, 0.25) is 0 Å². The number of imidazole rings is 1. The minimum Gasteiger partial charge on any atom is -0.402 e. The van der Waals surface area contributed by atoms with Gasteiger partial charge in [-0.1, -0.05) is 20.8 Å². The molecule has 3 aliphatic rings. The quantitative estimate of drug-likeness (QED) is 0.514. The molecule has 3 fully saturated rings. The van der Waals surface area contributed by atoms with Gasteiger partial charge in [0.15, 0.2) is 11.6 Å². The monoisotopic (exact) mass is 536 g/mol. The van der Waals surface area contributed by atoms with Gasteiger partial charge in [-0.25, -0.2) is 9.97 Å². The van der Waals surface area contributed by atoms with Crippen molar-refractivity contribution in [1.29, 1.82) is 0 Å². The number of rotatable bonds is 8. The van der Waals surface area contributed by atoms with E-state index >= 15 is 0 Å². The first-order valence-electron chi connectivity index (χ1n) is 13.8. The van der Waals surface area contributed by atoms with Crippen molar-refractivity contribution in [3.8, 4) is 17.0 Å². The SMILES string of the molecule is CCCN1CCN([C@@H]2CC(n3cc(-c4cnc(N)c(OC(F)(F)F)c4)nc3C(O)C(C)C)C3CCC32)CC1. The number of nitrogen functional groups attached to an aromatic ring is 1. The molecule has 0 radical (unpaired) electrons. The molecule has 2 aliphatic carbocycles. The Bertz CT molecular complexity index is 1110. The smallest absolute Gasteiger partial charge is 0.402 e. The Hall–Kier alpha value is -2.37. The Morgan fingerprint density at radius 1 is 1.13 bits per heavy atom. The molecule has 5 rings (SSSR count). The van der Waals surface area contributed by atoms with Gasteiger partial charge in [-0.15, -0.1) is 13.2 Å². The summed E-state index contributed by atoms with van der Waals surface area (Å²) in [5.41, 5.74) is 6.45. The first kappa shape index (κ1) is 27.2. The lowest BCUT2D eigenvalue weighted by molar-refractivity contribution is -0.274. The van der Waals surface area contributed by atoms with Gasteiger partial charge in [-0.2, -0.15) is 0 Å². The number of fused-ring (bicyclic) bond motifs is 1. The average Bonchev–Trinajstić information content (AvgIpc) is 3.38. The number of hydrogen-bond acceptors (Lipinski definition) is 7. The summed E-state index contributed by atoms with van der Waals surface area (Å²) in [7, 11) is 0. The minimum atomic E-state index is -4.88. The van der Waals surface area contributed by atoms with E-state index in [4.69, 9.17) is 10.7 Å². The molecule has 4 unspecified atom stereocenters. The third kappa shape index (κ3) is 5.37. The van der Waals surface area contributed by atoms with E-state index in [1.807, 2.05) is 20.0 Å². The zero-order valence-corrected chi connectivity index (χ0v) is 22.4.